The number of benzene rings is 2. The van der Waals surface area contributed by atoms with Crippen LogP contribution in [-0.2, 0) is 21.7 Å². The molecule has 0 aliphatic rings. The monoisotopic (exact) mass is 461 g/mol. The summed E-state index contributed by atoms with van der Waals surface area (Å²) in [5.74, 6) is 1.36. The van der Waals surface area contributed by atoms with Crippen LogP contribution in [0.2, 0.25) is 0 Å². The van der Waals surface area contributed by atoms with Crippen LogP contribution in [0.15, 0.2) is 59.8 Å². The predicted molar refractivity (Wildman–Crippen MR) is 121 cm³/mol. The van der Waals surface area contributed by atoms with Crippen LogP contribution in [-0.4, -0.2) is 54.8 Å². The number of carbonyl (C=O) groups is 1. The number of fused-ring (bicyclic) bond motifs is 3. The van der Waals surface area contributed by atoms with Crippen LogP contribution in [0.1, 0.15) is 11.3 Å². The van der Waals surface area contributed by atoms with Gasteiger partial charge in [-0.1, -0.05) is 42.1 Å². The van der Waals surface area contributed by atoms with E-state index in [1.807, 2.05) is 42.5 Å². The van der Waals surface area contributed by atoms with Crippen molar-refractivity contribution in [1.29, 1.82) is 0 Å². The molecule has 0 saturated heterocycles. The normalized spacial score (nSPS) is 11.2. The molecule has 5 rings (SSSR count). The third-order valence-electron chi connectivity index (χ3n) is 4.98. The van der Waals surface area contributed by atoms with Crippen molar-refractivity contribution in [3.05, 3.63) is 65.9 Å². The first-order valence-electron chi connectivity index (χ1n) is 10.1. The van der Waals surface area contributed by atoms with Crippen molar-refractivity contribution in [2.24, 2.45) is 0 Å². The number of rotatable bonds is 7. The number of carbonyl (C=O) groups excluding carboxylic acids is 1. The first-order valence-corrected chi connectivity index (χ1v) is 11.0. The third kappa shape index (κ3) is 4.10. The molecule has 0 bridgehead atoms. The van der Waals surface area contributed by atoms with Gasteiger partial charge in [-0.25, -0.2) is 4.68 Å². The molecular weight excluding hydrogens is 442 g/mol. The molecule has 3 aromatic heterocycles. The van der Waals surface area contributed by atoms with Crippen LogP contribution in [0.3, 0.4) is 0 Å². The van der Waals surface area contributed by atoms with E-state index in [4.69, 9.17) is 9.47 Å². The molecule has 2 aromatic carbocycles. The topological polar surface area (TPSA) is 109 Å². The molecule has 33 heavy (non-hydrogen) atoms. The van der Waals surface area contributed by atoms with Crippen LogP contribution in [0.4, 0.5) is 0 Å². The molecule has 5 aromatic rings. The summed E-state index contributed by atoms with van der Waals surface area (Å²) in [4.78, 5) is 16.5. The smallest absolute Gasteiger partial charge is 0.311 e. The van der Waals surface area contributed by atoms with Crippen molar-refractivity contribution in [2.45, 2.75) is 17.3 Å². The maximum absolute atomic E-state index is 12.0. The van der Waals surface area contributed by atoms with Crippen molar-refractivity contribution in [3.63, 3.8) is 0 Å². The van der Waals surface area contributed by atoms with Gasteiger partial charge in [-0.2, -0.15) is 14.6 Å². The van der Waals surface area contributed by atoms with Crippen molar-refractivity contribution in [1.82, 2.24) is 34.6 Å². The summed E-state index contributed by atoms with van der Waals surface area (Å²) in [7, 11) is 2.94. The van der Waals surface area contributed by atoms with E-state index in [1.165, 1.54) is 24.4 Å². The van der Waals surface area contributed by atoms with Gasteiger partial charge in [-0.15, -0.1) is 15.3 Å². The molecule has 0 fully saturated rings. The van der Waals surface area contributed by atoms with Crippen LogP contribution in [0, 0.1) is 0 Å². The van der Waals surface area contributed by atoms with Gasteiger partial charge in [0.05, 0.1) is 26.3 Å². The SMILES string of the molecule is COC(=O)Cc1nn(-c2ccc(OC)cc2)c2c1nnc1nc(SCc3ccccc3)nn12. The largest absolute Gasteiger partial charge is 0.497 e. The molecule has 0 spiro atoms. The van der Waals surface area contributed by atoms with Gasteiger partial charge in [0.2, 0.25) is 5.16 Å². The van der Waals surface area contributed by atoms with Gasteiger partial charge in [-0.05, 0) is 29.8 Å². The summed E-state index contributed by atoms with van der Waals surface area (Å²) in [6.07, 6.45) is -0.0410. The zero-order valence-corrected chi connectivity index (χ0v) is 18.7. The second-order valence-corrected chi connectivity index (χ2v) is 8.00. The zero-order valence-electron chi connectivity index (χ0n) is 17.9. The Morgan fingerprint density at radius 2 is 1.79 bits per heavy atom. The highest BCUT2D eigenvalue weighted by Crippen LogP contribution is 2.25. The van der Waals surface area contributed by atoms with E-state index in [2.05, 4.69) is 37.5 Å². The Labute approximate surface area is 192 Å². The molecule has 0 N–H and O–H groups in total. The van der Waals surface area contributed by atoms with E-state index < -0.39 is 5.97 Å². The maximum Gasteiger partial charge on any atom is 0.311 e. The lowest BCUT2D eigenvalue weighted by Gasteiger charge is -2.05. The van der Waals surface area contributed by atoms with Crippen molar-refractivity contribution in [3.8, 4) is 11.4 Å². The van der Waals surface area contributed by atoms with E-state index in [1.54, 1.807) is 16.3 Å². The van der Waals surface area contributed by atoms with E-state index in [9.17, 15) is 4.79 Å². The average molecular weight is 462 g/mol. The summed E-state index contributed by atoms with van der Waals surface area (Å²) >= 11 is 1.50. The first kappa shape index (κ1) is 20.9. The fourth-order valence-electron chi connectivity index (χ4n) is 3.34. The quantitative estimate of drug-likeness (QED) is 0.267. The number of nitrogens with zero attached hydrogens (tertiary/aromatic N) is 7. The van der Waals surface area contributed by atoms with Gasteiger partial charge in [-0.3, -0.25) is 4.79 Å². The molecule has 0 atom stereocenters. The van der Waals surface area contributed by atoms with Crippen molar-refractivity contribution < 1.29 is 14.3 Å². The second-order valence-electron chi connectivity index (χ2n) is 7.06. The molecule has 166 valence electrons. The molecule has 0 amide bonds. The first-order chi connectivity index (χ1) is 16.2. The minimum Gasteiger partial charge on any atom is -0.497 e. The Kier molecular flexibility index (Phi) is 5.61. The van der Waals surface area contributed by atoms with Crippen LogP contribution < -0.4 is 4.74 Å². The fourth-order valence-corrected chi connectivity index (χ4v) is 4.11. The lowest BCUT2D eigenvalue weighted by molar-refractivity contribution is -0.139. The molecule has 0 unspecified atom stereocenters. The van der Waals surface area contributed by atoms with Crippen LogP contribution in [0.5, 0.6) is 5.75 Å². The average Bonchev–Trinajstić information content (AvgIpc) is 3.44. The molecule has 0 saturated carbocycles. The highest BCUT2D eigenvalue weighted by atomic mass is 32.2. The predicted octanol–water partition coefficient (Wildman–Crippen LogP) is 2.87. The van der Waals surface area contributed by atoms with Gasteiger partial charge >= 0.3 is 5.97 Å². The van der Waals surface area contributed by atoms with Crippen LogP contribution in [0.25, 0.3) is 22.6 Å². The lowest BCUT2D eigenvalue weighted by Crippen LogP contribution is -2.06. The summed E-state index contributed by atoms with van der Waals surface area (Å²) in [6.45, 7) is 0. The van der Waals surface area contributed by atoms with Crippen molar-refractivity contribution in [2.75, 3.05) is 14.2 Å². The standard InChI is InChI=1S/C22H19N7O3S/c1-31-16-10-8-15(9-11-16)28-20-19(17(26-28)12-18(30)32-2)24-25-21-23-22(27-29(20)21)33-13-14-6-4-3-5-7-14/h3-11H,12-13H2,1-2H3. The molecule has 10 nitrogen and oxygen atoms in total. The van der Waals surface area contributed by atoms with E-state index in [-0.39, 0.29) is 6.42 Å². The van der Waals surface area contributed by atoms with Gasteiger partial charge < -0.3 is 9.47 Å². The summed E-state index contributed by atoms with van der Waals surface area (Å²) < 4.78 is 13.4. The van der Waals surface area contributed by atoms with Gasteiger partial charge in [0.1, 0.15) is 11.4 Å². The lowest BCUT2D eigenvalue weighted by atomic mass is 10.2. The number of methoxy groups -OCH3 is 2. The van der Waals surface area contributed by atoms with Crippen molar-refractivity contribution >= 4 is 34.7 Å². The Morgan fingerprint density at radius 3 is 2.52 bits per heavy atom. The molecule has 11 heteroatoms. The second kappa shape index (κ2) is 8.87. The van der Waals surface area contributed by atoms with Gasteiger partial charge in [0, 0.05) is 5.75 Å². The van der Waals surface area contributed by atoms with E-state index >= 15 is 0 Å². The number of hydrogen-bond acceptors (Lipinski definition) is 9. The summed E-state index contributed by atoms with van der Waals surface area (Å²) in [5.41, 5.74) is 3.37. The molecular formula is C22H19N7O3S. The molecule has 0 aliphatic carbocycles. The zero-order chi connectivity index (χ0) is 22.8. The molecule has 0 aliphatic heterocycles. The highest BCUT2D eigenvalue weighted by Gasteiger charge is 2.22. The third-order valence-corrected chi connectivity index (χ3v) is 5.89. The van der Waals surface area contributed by atoms with Gasteiger partial charge in [0.25, 0.3) is 5.78 Å². The Hall–Kier alpha value is -3.99. The Morgan fingerprint density at radius 1 is 1.00 bits per heavy atom. The summed E-state index contributed by atoms with van der Waals surface area (Å²) in [5, 5.41) is 18.4. The highest BCUT2D eigenvalue weighted by molar-refractivity contribution is 7.98. The minimum absolute atomic E-state index is 0.0410. The minimum atomic E-state index is -0.420. The number of ether oxygens (including phenoxy) is 2. The number of hydrogen-bond donors (Lipinski definition) is 0. The fraction of sp³-hybridized carbons (Fsp3) is 0.182. The number of thioether (sulfide) groups is 1. The molecule has 3 heterocycles. The van der Waals surface area contributed by atoms with Crippen LogP contribution >= 0.6 is 11.8 Å². The number of aromatic nitrogens is 7. The van der Waals surface area contributed by atoms with E-state index in [0.717, 1.165) is 17.2 Å². The van der Waals surface area contributed by atoms with E-state index in [0.29, 0.717) is 27.8 Å². The Balaban J connectivity index is 1.61. The number of esters is 1. The Bertz CT molecular complexity index is 1430. The maximum atomic E-state index is 12.0. The summed E-state index contributed by atoms with van der Waals surface area (Å²) in [6, 6.07) is 17.5. The molecule has 0 radical (unpaired) electrons. The van der Waals surface area contributed by atoms with Gasteiger partial charge in [0.15, 0.2) is 11.2 Å².